The summed E-state index contributed by atoms with van der Waals surface area (Å²) in [5.41, 5.74) is 3.78. The lowest BCUT2D eigenvalue weighted by atomic mass is 9.79. The van der Waals surface area contributed by atoms with E-state index in [1.807, 2.05) is 51.1 Å². The molecule has 1 aromatic carbocycles. The molecule has 0 bridgehead atoms. The van der Waals surface area contributed by atoms with Gasteiger partial charge < -0.3 is 49.3 Å². The normalized spacial score (nSPS) is 36.5. The fraction of sp³-hybridized carbons (Fsp3) is 0.700. The summed E-state index contributed by atoms with van der Waals surface area (Å²) >= 11 is 0. The van der Waals surface area contributed by atoms with Gasteiger partial charge in [-0.15, -0.1) is 0 Å². The number of aliphatic hydroxyl groups excluding tert-OH is 4. The van der Waals surface area contributed by atoms with Gasteiger partial charge in [-0.3, -0.25) is 9.78 Å². The Labute approximate surface area is 376 Å². The number of allylic oxidation sites excluding steroid dienone is 3. The average molecular weight is 879 g/mol. The molecule has 0 aliphatic carbocycles. The van der Waals surface area contributed by atoms with Gasteiger partial charge >= 0.3 is 5.97 Å². The molecule has 63 heavy (non-hydrogen) atoms. The Kier molecular flexibility index (Phi) is 19.6. The van der Waals surface area contributed by atoms with E-state index in [0.29, 0.717) is 37.7 Å². The number of piperidine rings is 1. The highest BCUT2D eigenvalue weighted by Gasteiger charge is 2.47. The molecule has 0 radical (unpaired) electrons. The molecule has 0 amide bonds. The Bertz CT molecular complexity index is 1810. The minimum absolute atomic E-state index is 0.149. The lowest BCUT2D eigenvalue weighted by molar-refractivity contribution is -0.304. The van der Waals surface area contributed by atoms with E-state index in [1.165, 1.54) is 12.0 Å². The van der Waals surface area contributed by atoms with E-state index in [0.717, 1.165) is 54.7 Å². The number of carbonyl (C=O) groups is 1. The number of esters is 1. The van der Waals surface area contributed by atoms with Crippen molar-refractivity contribution in [3.63, 3.8) is 0 Å². The molecule has 2 fully saturated rings. The van der Waals surface area contributed by atoms with Gasteiger partial charge in [0.2, 0.25) is 0 Å². The van der Waals surface area contributed by atoms with Crippen LogP contribution in [0.25, 0.3) is 10.9 Å². The standard InChI is InChI=1S/C50H78N4O9/c1-10-44-40(30-55)24-31(2)15-17-41(52-60-22-12-13-37-16-18-42-38(26-37)14-11-20-51-42)34(5)25-39(19-21-54-28-32(3)23-33(4)29-54)49(35(6)43(56)27-45(57)62-44)63-50-48(59)46(53(8)9)47(58)36(7)61-50/h11,14-18,20,24,26,32-36,39-40,43-44,46-50,55-56,58-59H,10,12-13,19,21-23,25,27-30H2,1-9H3/b17-15+,31-24+,52-41+/t32?,33?,34-,35+,36-,39+,40?,43-,44-,46+,47-,48+,49-,50+/m1/s1. The van der Waals surface area contributed by atoms with Crippen LogP contribution in [0.3, 0.4) is 0 Å². The molecule has 14 atom stereocenters. The predicted molar refractivity (Wildman–Crippen MR) is 247 cm³/mol. The van der Waals surface area contributed by atoms with Gasteiger partial charge in [-0.25, -0.2) is 0 Å². The fourth-order valence-electron chi connectivity index (χ4n) is 10.1. The van der Waals surface area contributed by atoms with Gasteiger partial charge in [0.1, 0.15) is 18.8 Å². The number of likely N-dealkylation sites (N-methyl/N-ethyl adjacent to an activating group) is 1. The van der Waals surface area contributed by atoms with Crippen molar-refractivity contribution in [1.82, 2.24) is 14.8 Å². The molecule has 2 aromatic rings. The number of hydrogen-bond acceptors (Lipinski definition) is 13. The van der Waals surface area contributed by atoms with Gasteiger partial charge in [0.05, 0.1) is 54.7 Å². The molecule has 0 spiro atoms. The maximum atomic E-state index is 13.6. The molecule has 13 nitrogen and oxygen atoms in total. The first-order valence-electron chi connectivity index (χ1n) is 23.5. The smallest absolute Gasteiger partial charge is 0.308 e. The third kappa shape index (κ3) is 14.4. The van der Waals surface area contributed by atoms with Gasteiger partial charge in [-0.1, -0.05) is 69.6 Å². The van der Waals surface area contributed by atoms with Gasteiger partial charge in [0.25, 0.3) is 0 Å². The number of oxime groups is 1. The molecule has 4 heterocycles. The number of ether oxygens (including phenoxy) is 3. The number of nitrogens with zero attached hydrogens (tertiary/aromatic N) is 4. The molecule has 3 aliphatic rings. The zero-order valence-electron chi connectivity index (χ0n) is 39.4. The van der Waals surface area contributed by atoms with E-state index in [-0.39, 0.29) is 24.9 Å². The Morgan fingerprint density at radius 2 is 1.75 bits per heavy atom. The maximum absolute atomic E-state index is 13.6. The van der Waals surface area contributed by atoms with Crippen molar-refractivity contribution in [3.05, 3.63) is 65.9 Å². The van der Waals surface area contributed by atoms with Crippen LogP contribution in [0.2, 0.25) is 0 Å². The van der Waals surface area contributed by atoms with E-state index in [1.54, 1.807) is 32.1 Å². The number of aromatic nitrogens is 1. The van der Waals surface area contributed by atoms with E-state index in [9.17, 15) is 25.2 Å². The summed E-state index contributed by atoms with van der Waals surface area (Å²) in [5.74, 6) is -0.835. The van der Waals surface area contributed by atoms with Crippen LogP contribution in [0.4, 0.5) is 0 Å². The number of pyridine rings is 1. The summed E-state index contributed by atoms with van der Waals surface area (Å²) in [7, 11) is 3.61. The molecule has 352 valence electrons. The third-order valence-corrected chi connectivity index (χ3v) is 13.5. The molecule has 3 unspecified atom stereocenters. The first kappa shape index (κ1) is 50.7. The lowest BCUT2D eigenvalue weighted by Gasteiger charge is -2.47. The Balaban J connectivity index is 1.50. The molecule has 0 saturated carbocycles. The van der Waals surface area contributed by atoms with Crippen molar-refractivity contribution in [2.75, 3.05) is 46.9 Å². The van der Waals surface area contributed by atoms with E-state index in [2.05, 4.69) is 48.9 Å². The van der Waals surface area contributed by atoms with Gasteiger partial charge in [0, 0.05) is 42.4 Å². The number of benzene rings is 1. The number of carbonyl (C=O) groups excluding carboxylic acids is 1. The highest BCUT2D eigenvalue weighted by molar-refractivity contribution is 5.96. The van der Waals surface area contributed by atoms with Crippen molar-refractivity contribution < 1.29 is 44.3 Å². The van der Waals surface area contributed by atoms with Crippen LogP contribution in [0.15, 0.2) is 65.5 Å². The molecule has 2 saturated heterocycles. The van der Waals surface area contributed by atoms with Crippen molar-refractivity contribution in [3.8, 4) is 0 Å². The van der Waals surface area contributed by atoms with Crippen LogP contribution in [-0.2, 0) is 30.3 Å². The van der Waals surface area contributed by atoms with E-state index < -0.39 is 66.8 Å². The Hall–Kier alpha value is -3.27. The number of hydrogen-bond donors (Lipinski definition) is 4. The number of aryl methyl sites for hydroxylation is 1. The highest BCUT2D eigenvalue weighted by atomic mass is 16.7. The molecular formula is C50H78N4O9. The number of rotatable bonds is 13. The van der Waals surface area contributed by atoms with Gasteiger partial charge in [-0.05, 0) is 121 Å². The Morgan fingerprint density at radius 1 is 1.00 bits per heavy atom. The second-order valence-corrected chi connectivity index (χ2v) is 19.3. The molecule has 5 rings (SSSR count). The average Bonchev–Trinajstić information content (AvgIpc) is 3.24. The zero-order chi connectivity index (χ0) is 45.8. The summed E-state index contributed by atoms with van der Waals surface area (Å²) in [4.78, 5) is 28.4. The SMILES string of the molecule is CC[C@H]1OC(=O)C[C@@H](O)[C@H](C)[C@@H](O[C@@H]2O[C@H](C)[C@@H](O)[C@H](N(C)C)[C@@H]2O)[C@@H](CCN2CC(C)CC(C)C2)C[C@@H](C)C(=N/OCCCc2ccc3ncccc3c2)/C=C/C(C)=C/C1CO. The van der Waals surface area contributed by atoms with Crippen LogP contribution in [0.1, 0.15) is 92.6 Å². The molecule has 13 heteroatoms. The number of likely N-dealkylation sites (tertiary alicyclic amines) is 1. The summed E-state index contributed by atoms with van der Waals surface area (Å²) in [6.45, 7) is 17.2. The van der Waals surface area contributed by atoms with Crippen molar-refractivity contribution in [2.45, 2.75) is 142 Å². The number of cyclic esters (lactones) is 1. The fourth-order valence-corrected chi connectivity index (χ4v) is 10.1. The first-order chi connectivity index (χ1) is 30.1. The van der Waals surface area contributed by atoms with Crippen LogP contribution in [0, 0.1) is 35.5 Å². The topological polar surface area (TPSA) is 167 Å². The lowest BCUT2D eigenvalue weighted by Crippen LogP contribution is -2.63. The second-order valence-electron chi connectivity index (χ2n) is 19.3. The van der Waals surface area contributed by atoms with Crippen LogP contribution >= 0.6 is 0 Å². The minimum atomic E-state index is -1.20. The van der Waals surface area contributed by atoms with Gasteiger partial charge in [0.15, 0.2) is 6.29 Å². The Morgan fingerprint density at radius 3 is 2.44 bits per heavy atom. The van der Waals surface area contributed by atoms with Crippen LogP contribution in [0.5, 0.6) is 0 Å². The van der Waals surface area contributed by atoms with E-state index >= 15 is 0 Å². The third-order valence-electron chi connectivity index (χ3n) is 13.5. The molecule has 1 aromatic heterocycles. The molecular weight excluding hydrogens is 801 g/mol. The van der Waals surface area contributed by atoms with Crippen molar-refractivity contribution in [1.29, 1.82) is 0 Å². The van der Waals surface area contributed by atoms with Crippen molar-refractivity contribution >= 4 is 22.6 Å². The first-order valence-corrected chi connectivity index (χ1v) is 23.5. The zero-order valence-corrected chi connectivity index (χ0v) is 39.4. The summed E-state index contributed by atoms with van der Waals surface area (Å²) in [6, 6.07) is 9.68. The predicted octanol–water partition coefficient (Wildman–Crippen LogP) is 6.17. The van der Waals surface area contributed by atoms with Crippen LogP contribution < -0.4 is 0 Å². The molecule has 4 N–H and O–H groups in total. The summed E-state index contributed by atoms with van der Waals surface area (Å²) in [6.07, 6.45) is 5.58. The van der Waals surface area contributed by atoms with E-state index in [4.69, 9.17) is 24.2 Å². The minimum Gasteiger partial charge on any atom is -0.462 e. The molecule has 3 aliphatic heterocycles. The maximum Gasteiger partial charge on any atom is 0.308 e. The van der Waals surface area contributed by atoms with Crippen LogP contribution in [-0.4, -0.2) is 143 Å². The summed E-state index contributed by atoms with van der Waals surface area (Å²) < 4.78 is 19.1. The van der Waals surface area contributed by atoms with Gasteiger partial charge in [-0.2, -0.15) is 0 Å². The highest BCUT2D eigenvalue weighted by Crippen LogP contribution is 2.36. The quantitative estimate of drug-likeness (QED) is 0.103. The largest absolute Gasteiger partial charge is 0.462 e. The monoisotopic (exact) mass is 879 g/mol. The number of aliphatic hydroxyl groups is 4. The van der Waals surface area contributed by atoms with Crippen molar-refractivity contribution in [2.24, 2.45) is 40.7 Å². The summed E-state index contributed by atoms with van der Waals surface area (Å²) in [5, 5.41) is 51.1. The second kappa shape index (κ2) is 24.3. The number of fused-ring (bicyclic) bond motifs is 1.